The van der Waals surface area contributed by atoms with Crippen LogP contribution in [0.5, 0.6) is 0 Å². The SMILES string of the molecule is CN(C)S(=O)(=O)c1ccc(NCCCCC(F)(F)F)cc1. The molecular formula is C13H19F3N2O2S. The van der Waals surface area contributed by atoms with Crippen LogP contribution in [0.25, 0.3) is 0 Å². The Labute approximate surface area is 123 Å². The Balaban J connectivity index is 2.46. The zero-order valence-electron chi connectivity index (χ0n) is 11.9. The Bertz CT molecular complexity index is 540. The molecule has 1 rings (SSSR count). The molecule has 0 radical (unpaired) electrons. The first-order valence-corrected chi connectivity index (χ1v) is 7.90. The number of hydrogen-bond acceptors (Lipinski definition) is 3. The minimum absolute atomic E-state index is 0.0730. The Kier molecular flexibility index (Phi) is 6.03. The summed E-state index contributed by atoms with van der Waals surface area (Å²) in [7, 11) is -0.565. The van der Waals surface area contributed by atoms with Crippen LogP contribution in [-0.2, 0) is 10.0 Å². The van der Waals surface area contributed by atoms with Gasteiger partial charge in [-0.05, 0) is 37.1 Å². The molecule has 0 bridgehead atoms. The molecule has 1 aromatic carbocycles. The van der Waals surface area contributed by atoms with Gasteiger partial charge in [0.15, 0.2) is 0 Å². The zero-order chi connectivity index (χ0) is 16.1. The quantitative estimate of drug-likeness (QED) is 0.784. The molecule has 0 aliphatic rings. The van der Waals surface area contributed by atoms with Gasteiger partial charge in [-0.1, -0.05) is 0 Å². The average molecular weight is 324 g/mol. The number of alkyl halides is 3. The van der Waals surface area contributed by atoms with Crippen LogP contribution in [0.1, 0.15) is 19.3 Å². The first-order chi connectivity index (χ1) is 9.63. The first-order valence-electron chi connectivity index (χ1n) is 6.46. The van der Waals surface area contributed by atoms with Crippen LogP contribution in [-0.4, -0.2) is 39.5 Å². The highest BCUT2D eigenvalue weighted by molar-refractivity contribution is 7.89. The Morgan fingerprint density at radius 3 is 2.14 bits per heavy atom. The molecule has 0 aliphatic carbocycles. The summed E-state index contributed by atoms with van der Waals surface area (Å²) in [4.78, 5) is 0.176. The lowest BCUT2D eigenvalue weighted by Crippen LogP contribution is -2.22. The summed E-state index contributed by atoms with van der Waals surface area (Å²) in [5.74, 6) is 0. The highest BCUT2D eigenvalue weighted by Gasteiger charge is 2.25. The molecule has 21 heavy (non-hydrogen) atoms. The fourth-order valence-corrected chi connectivity index (χ4v) is 2.54. The van der Waals surface area contributed by atoms with Crippen LogP contribution in [0, 0.1) is 0 Å². The maximum absolute atomic E-state index is 11.9. The molecule has 0 saturated carbocycles. The summed E-state index contributed by atoms with van der Waals surface area (Å²) < 4.78 is 60.6. The number of hydrogen-bond donors (Lipinski definition) is 1. The second-order valence-corrected chi connectivity index (χ2v) is 6.96. The van der Waals surface area contributed by atoms with Crippen molar-refractivity contribution in [3.05, 3.63) is 24.3 Å². The molecule has 120 valence electrons. The smallest absolute Gasteiger partial charge is 0.385 e. The van der Waals surface area contributed by atoms with Crippen LogP contribution >= 0.6 is 0 Å². The lowest BCUT2D eigenvalue weighted by Gasteiger charge is -2.12. The van der Waals surface area contributed by atoms with Gasteiger partial charge in [0.05, 0.1) is 4.90 Å². The van der Waals surface area contributed by atoms with Crippen molar-refractivity contribution in [3.8, 4) is 0 Å². The normalized spacial score (nSPS) is 12.7. The third-order valence-electron chi connectivity index (χ3n) is 2.85. The fourth-order valence-electron chi connectivity index (χ4n) is 1.64. The minimum atomic E-state index is -4.11. The molecule has 0 spiro atoms. The highest BCUT2D eigenvalue weighted by atomic mass is 32.2. The summed E-state index contributed by atoms with van der Waals surface area (Å²) in [6, 6.07) is 6.13. The van der Waals surface area contributed by atoms with Gasteiger partial charge in [0, 0.05) is 32.7 Å². The second kappa shape index (κ2) is 7.13. The third-order valence-corrected chi connectivity index (χ3v) is 4.68. The van der Waals surface area contributed by atoms with E-state index in [2.05, 4.69) is 5.32 Å². The molecule has 1 N–H and O–H groups in total. The molecule has 1 aromatic rings. The van der Waals surface area contributed by atoms with Crippen molar-refractivity contribution in [3.63, 3.8) is 0 Å². The van der Waals surface area contributed by atoms with E-state index in [1.165, 1.54) is 26.2 Å². The fraction of sp³-hybridized carbons (Fsp3) is 0.538. The topological polar surface area (TPSA) is 49.4 Å². The van der Waals surface area contributed by atoms with E-state index in [0.29, 0.717) is 18.7 Å². The number of rotatable bonds is 7. The van der Waals surface area contributed by atoms with E-state index in [9.17, 15) is 21.6 Å². The molecule has 4 nitrogen and oxygen atoms in total. The van der Waals surface area contributed by atoms with Crippen molar-refractivity contribution in [1.29, 1.82) is 0 Å². The van der Waals surface area contributed by atoms with Gasteiger partial charge in [0.2, 0.25) is 10.0 Å². The van der Waals surface area contributed by atoms with E-state index in [1.54, 1.807) is 12.1 Å². The maximum atomic E-state index is 11.9. The molecule has 0 heterocycles. The van der Waals surface area contributed by atoms with Crippen molar-refractivity contribution in [2.24, 2.45) is 0 Å². The van der Waals surface area contributed by atoms with Crippen molar-refractivity contribution in [2.45, 2.75) is 30.3 Å². The van der Waals surface area contributed by atoms with E-state index < -0.39 is 22.6 Å². The number of benzene rings is 1. The number of unbranched alkanes of at least 4 members (excludes halogenated alkanes) is 1. The van der Waals surface area contributed by atoms with Gasteiger partial charge in [-0.3, -0.25) is 0 Å². The summed E-state index contributed by atoms with van der Waals surface area (Å²) in [5.41, 5.74) is 0.680. The van der Waals surface area contributed by atoms with Gasteiger partial charge in [0.1, 0.15) is 0 Å². The summed E-state index contributed by atoms with van der Waals surface area (Å²) >= 11 is 0. The monoisotopic (exact) mass is 324 g/mol. The standard InChI is InChI=1S/C13H19F3N2O2S/c1-18(2)21(19,20)12-7-5-11(6-8-12)17-10-4-3-9-13(14,15)16/h5-8,17H,3-4,9-10H2,1-2H3. The summed E-state index contributed by atoms with van der Waals surface area (Å²) in [6.07, 6.45) is -4.42. The predicted molar refractivity (Wildman–Crippen MR) is 75.7 cm³/mol. The van der Waals surface area contributed by atoms with Gasteiger partial charge >= 0.3 is 6.18 Å². The summed E-state index contributed by atoms with van der Waals surface area (Å²) in [5, 5.41) is 2.96. The molecule has 8 heteroatoms. The van der Waals surface area contributed by atoms with Gasteiger partial charge in [-0.15, -0.1) is 0 Å². The largest absolute Gasteiger partial charge is 0.389 e. The number of nitrogens with one attached hydrogen (secondary N) is 1. The number of halogens is 3. The minimum Gasteiger partial charge on any atom is -0.385 e. The van der Waals surface area contributed by atoms with E-state index in [-0.39, 0.29) is 11.3 Å². The van der Waals surface area contributed by atoms with Crippen molar-refractivity contribution >= 4 is 15.7 Å². The van der Waals surface area contributed by atoms with Gasteiger partial charge in [0.25, 0.3) is 0 Å². The molecule has 0 saturated heterocycles. The third kappa shape index (κ3) is 5.92. The van der Waals surface area contributed by atoms with Crippen LogP contribution in [0.4, 0.5) is 18.9 Å². The van der Waals surface area contributed by atoms with Crippen molar-refractivity contribution < 1.29 is 21.6 Å². The number of anilines is 1. The molecule has 0 fully saturated rings. The molecule has 0 aliphatic heterocycles. The number of sulfonamides is 1. The van der Waals surface area contributed by atoms with Gasteiger partial charge in [-0.2, -0.15) is 13.2 Å². The number of nitrogens with zero attached hydrogens (tertiary/aromatic N) is 1. The lowest BCUT2D eigenvalue weighted by atomic mass is 10.2. The molecule has 0 unspecified atom stereocenters. The predicted octanol–water partition coefficient (Wildman–Crippen LogP) is 3.08. The second-order valence-electron chi connectivity index (χ2n) is 4.81. The first kappa shape index (κ1) is 17.8. The van der Waals surface area contributed by atoms with Crippen LogP contribution in [0.15, 0.2) is 29.2 Å². The molecular weight excluding hydrogens is 305 g/mol. The lowest BCUT2D eigenvalue weighted by molar-refractivity contribution is -0.135. The van der Waals surface area contributed by atoms with Crippen LogP contribution in [0.2, 0.25) is 0 Å². The highest BCUT2D eigenvalue weighted by Crippen LogP contribution is 2.22. The Hall–Kier alpha value is -1.28. The van der Waals surface area contributed by atoms with E-state index >= 15 is 0 Å². The van der Waals surface area contributed by atoms with Crippen molar-refractivity contribution in [1.82, 2.24) is 4.31 Å². The van der Waals surface area contributed by atoms with Crippen LogP contribution < -0.4 is 5.32 Å². The maximum Gasteiger partial charge on any atom is 0.389 e. The molecule has 0 aromatic heterocycles. The van der Waals surface area contributed by atoms with Crippen LogP contribution in [0.3, 0.4) is 0 Å². The molecule has 0 atom stereocenters. The van der Waals surface area contributed by atoms with E-state index in [4.69, 9.17) is 0 Å². The molecule has 0 amide bonds. The van der Waals surface area contributed by atoms with E-state index in [0.717, 1.165) is 4.31 Å². The zero-order valence-corrected chi connectivity index (χ0v) is 12.8. The Morgan fingerprint density at radius 2 is 1.67 bits per heavy atom. The van der Waals surface area contributed by atoms with Gasteiger partial charge < -0.3 is 5.32 Å². The van der Waals surface area contributed by atoms with Crippen molar-refractivity contribution in [2.75, 3.05) is 26.0 Å². The summed E-state index contributed by atoms with van der Waals surface area (Å²) in [6.45, 7) is 0.413. The van der Waals surface area contributed by atoms with E-state index in [1.807, 2.05) is 0 Å². The average Bonchev–Trinajstić information content (AvgIpc) is 2.37. The van der Waals surface area contributed by atoms with Gasteiger partial charge in [-0.25, -0.2) is 12.7 Å². The Morgan fingerprint density at radius 1 is 1.10 bits per heavy atom.